The van der Waals surface area contributed by atoms with Crippen LogP contribution in [0.1, 0.15) is 11.4 Å². The van der Waals surface area contributed by atoms with Gasteiger partial charge in [0.15, 0.2) is 0 Å². The second-order valence-corrected chi connectivity index (χ2v) is 4.34. The smallest absolute Gasteiger partial charge is 0.452 e. The maximum atomic E-state index is 12.3. The number of nitrogens with zero attached hydrogens (tertiary/aromatic N) is 2. The first-order valence-electron chi connectivity index (χ1n) is 5.27. The highest BCUT2D eigenvalue weighted by atomic mass is 32.1. The van der Waals surface area contributed by atoms with E-state index in [1.807, 2.05) is 18.2 Å². The summed E-state index contributed by atoms with van der Waals surface area (Å²) in [6.07, 6.45) is -4.51. The van der Waals surface area contributed by atoms with Gasteiger partial charge >= 0.3 is 6.18 Å². The van der Waals surface area contributed by atoms with Crippen LogP contribution >= 0.6 is 11.5 Å². The van der Waals surface area contributed by atoms with E-state index in [4.69, 9.17) is 4.74 Å². The van der Waals surface area contributed by atoms with Crippen molar-refractivity contribution in [3.05, 3.63) is 35.7 Å². The Bertz CT molecular complexity index is 556. The van der Waals surface area contributed by atoms with Gasteiger partial charge in [0, 0.05) is 23.6 Å². The van der Waals surface area contributed by atoms with Crippen LogP contribution in [0.25, 0.3) is 0 Å². The molecule has 1 aromatic carbocycles. The minimum absolute atomic E-state index is 0.123. The number of rotatable bonds is 4. The summed E-state index contributed by atoms with van der Waals surface area (Å²) >= 11 is 0.676. The molecule has 1 heterocycles. The Kier molecular flexibility index (Phi) is 3.89. The first-order chi connectivity index (χ1) is 9.00. The third-order valence-electron chi connectivity index (χ3n) is 2.30. The minimum Gasteiger partial charge on any atom is -0.496 e. The van der Waals surface area contributed by atoms with Crippen LogP contribution < -0.4 is 10.1 Å². The van der Waals surface area contributed by atoms with Crippen LogP contribution in [0, 0.1) is 0 Å². The fourth-order valence-corrected chi connectivity index (χ4v) is 2.01. The molecule has 0 saturated carbocycles. The van der Waals surface area contributed by atoms with Crippen molar-refractivity contribution >= 4 is 16.7 Å². The monoisotopic (exact) mass is 289 g/mol. The Morgan fingerprint density at radius 1 is 1.32 bits per heavy atom. The molecule has 0 saturated heterocycles. The van der Waals surface area contributed by atoms with E-state index in [2.05, 4.69) is 14.7 Å². The summed E-state index contributed by atoms with van der Waals surface area (Å²) < 4.78 is 45.3. The molecular formula is C11H10F3N3OS. The second kappa shape index (κ2) is 5.43. The molecule has 0 aliphatic rings. The van der Waals surface area contributed by atoms with Gasteiger partial charge in [-0.25, -0.2) is 0 Å². The summed E-state index contributed by atoms with van der Waals surface area (Å²) in [5.41, 5.74) is 0.828. The summed E-state index contributed by atoms with van der Waals surface area (Å²) in [6, 6.07) is 7.23. The Morgan fingerprint density at radius 3 is 2.68 bits per heavy atom. The molecule has 0 fully saturated rings. The predicted molar refractivity (Wildman–Crippen MR) is 65.2 cm³/mol. The van der Waals surface area contributed by atoms with Crippen molar-refractivity contribution in [2.24, 2.45) is 0 Å². The summed E-state index contributed by atoms with van der Waals surface area (Å²) in [7, 11) is 1.53. The SMILES string of the molecule is COc1ccccc1CNc1nc(C(F)(F)F)ns1. The fourth-order valence-electron chi connectivity index (χ4n) is 1.43. The van der Waals surface area contributed by atoms with Gasteiger partial charge in [-0.1, -0.05) is 18.2 Å². The van der Waals surface area contributed by atoms with E-state index in [1.165, 1.54) is 7.11 Å². The lowest BCUT2D eigenvalue weighted by molar-refractivity contribution is -0.144. The number of anilines is 1. The molecule has 19 heavy (non-hydrogen) atoms. The number of ether oxygens (including phenoxy) is 1. The first-order valence-corrected chi connectivity index (χ1v) is 6.04. The van der Waals surface area contributed by atoms with Gasteiger partial charge in [-0.15, -0.1) is 0 Å². The standard InChI is InChI=1S/C11H10F3N3OS/c1-18-8-5-3-2-4-7(8)6-15-10-16-9(17-19-10)11(12,13)14/h2-5H,6H2,1H3,(H,15,16,17). The Hall–Kier alpha value is -1.83. The molecule has 0 radical (unpaired) electrons. The van der Waals surface area contributed by atoms with Gasteiger partial charge in [-0.3, -0.25) is 0 Å². The number of nitrogens with one attached hydrogen (secondary N) is 1. The number of para-hydroxylation sites is 1. The first kappa shape index (κ1) is 13.6. The lowest BCUT2D eigenvalue weighted by Gasteiger charge is -2.08. The molecule has 2 rings (SSSR count). The molecule has 4 nitrogen and oxygen atoms in total. The zero-order valence-electron chi connectivity index (χ0n) is 9.86. The van der Waals surface area contributed by atoms with Crippen molar-refractivity contribution < 1.29 is 17.9 Å². The van der Waals surface area contributed by atoms with Crippen molar-refractivity contribution in [1.29, 1.82) is 0 Å². The van der Waals surface area contributed by atoms with E-state index in [9.17, 15) is 13.2 Å². The average Bonchev–Trinajstić information content (AvgIpc) is 2.85. The van der Waals surface area contributed by atoms with Crippen LogP contribution in [-0.2, 0) is 12.7 Å². The third kappa shape index (κ3) is 3.34. The highest BCUT2D eigenvalue weighted by Gasteiger charge is 2.36. The topological polar surface area (TPSA) is 47.0 Å². The van der Waals surface area contributed by atoms with Crippen molar-refractivity contribution in [3.63, 3.8) is 0 Å². The van der Waals surface area contributed by atoms with Gasteiger partial charge in [-0.2, -0.15) is 22.5 Å². The lowest BCUT2D eigenvalue weighted by Crippen LogP contribution is -2.08. The summed E-state index contributed by atoms with van der Waals surface area (Å²) in [6.45, 7) is 0.316. The molecule has 1 N–H and O–H groups in total. The molecule has 0 aliphatic carbocycles. The van der Waals surface area contributed by atoms with Crippen molar-refractivity contribution in [3.8, 4) is 5.75 Å². The van der Waals surface area contributed by atoms with Gasteiger partial charge in [0.05, 0.1) is 7.11 Å². The Balaban J connectivity index is 2.05. The van der Waals surface area contributed by atoms with Crippen molar-refractivity contribution in [1.82, 2.24) is 9.36 Å². The fraction of sp³-hybridized carbons (Fsp3) is 0.273. The molecule has 0 spiro atoms. The zero-order valence-corrected chi connectivity index (χ0v) is 10.7. The molecule has 102 valence electrons. The zero-order chi connectivity index (χ0) is 13.9. The van der Waals surface area contributed by atoms with Crippen LogP contribution in [0.3, 0.4) is 0 Å². The number of methoxy groups -OCH3 is 1. The van der Waals surface area contributed by atoms with Gasteiger partial charge in [0.25, 0.3) is 0 Å². The summed E-state index contributed by atoms with van der Waals surface area (Å²) in [5, 5.41) is 2.92. The molecule has 0 atom stereocenters. The molecule has 1 aromatic heterocycles. The Morgan fingerprint density at radius 2 is 2.05 bits per heavy atom. The molecule has 8 heteroatoms. The molecule has 0 unspecified atom stereocenters. The van der Waals surface area contributed by atoms with E-state index < -0.39 is 12.0 Å². The number of benzene rings is 1. The molecule has 0 amide bonds. The van der Waals surface area contributed by atoms with E-state index in [0.717, 1.165) is 5.56 Å². The van der Waals surface area contributed by atoms with Crippen molar-refractivity contribution in [2.75, 3.05) is 12.4 Å². The van der Waals surface area contributed by atoms with E-state index in [-0.39, 0.29) is 5.13 Å². The van der Waals surface area contributed by atoms with Gasteiger partial charge < -0.3 is 10.1 Å². The summed E-state index contributed by atoms with van der Waals surface area (Å²) in [5.74, 6) is -0.462. The van der Waals surface area contributed by atoms with Crippen LogP contribution in [0.4, 0.5) is 18.3 Å². The maximum Gasteiger partial charge on any atom is 0.452 e. The molecule has 0 aliphatic heterocycles. The number of aromatic nitrogens is 2. The lowest BCUT2D eigenvalue weighted by atomic mass is 10.2. The van der Waals surface area contributed by atoms with Crippen LogP contribution in [-0.4, -0.2) is 16.5 Å². The van der Waals surface area contributed by atoms with Crippen LogP contribution in [0.5, 0.6) is 5.75 Å². The average molecular weight is 289 g/mol. The normalized spacial score (nSPS) is 11.4. The summed E-state index contributed by atoms with van der Waals surface area (Å²) in [4.78, 5) is 3.38. The number of halogens is 3. The van der Waals surface area contributed by atoms with Gasteiger partial charge in [0.1, 0.15) is 5.75 Å². The van der Waals surface area contributed by atoms with Gasteiger partial charge in [0.2, 0.25) is 11.0 Å². The van der Waals surface area contributed by atoms with E-state index in [1.54, 1.807) is 6.07 Å². The highest BCUT2D eigenvalue weighted by Crippen LogP contribution is 2.29. The molecule has 0 bridgehead atoms. The number of hydrogen-bond acceptors (Lipinski definition) is 5. The van der Waals surface area contributed by atoms with Crippen molar-refractivity contribution in [2.45, 2.75) is 12.7 Å². The highest BCUT2D eigenvalue weighted by molar-refractivity contribution is 7.09. The van der Waals surface area contributed by atoms with E-state index >= 15 is 0 Å². The quantitative estimate of drug-likeness (QED) is 0.939. The predicted octanol–water partition coefficient (Wildman–Crippen LogP) is 3.18. The maximum absolute atomic E-state index is 12.3. The largest absolute Gasteiger partial charge is 0.496 e. The molecular weight excluding hydrogens is 279 g/mol. The van der Waals surface area contributed by atoms with Gasteiger partial charge in [-0.05, 0) is 6.07 Å². The molecule has 2 aromatic rings. The second-order valence-electron chi connectivity index (χ2n) is 3.59. The number of alkyl halides is 3. The number of hydrogen-bond donors (Lipinski definition) is 1. The van der Waals surface area contributed by atoms with Crippen LogP contribution in [0.2, 0.25) is 0 Å². The minimum atomic E-state index is -4.51. The third-order valence-corrected chi connectivity index (χ3v) is 2.97. The van der Waals surface area contributed by atoms with E-state index in [0.29, 0.717) is 23.8 Å². The Labute approximate surface area is 111 Å². The van der Waals surface area contributed by atoms with Crippen LogP contribution in [0.15, 0.2) is 24.3 Å².